The molecule has 1 N–H and O–H groups in total. The average molecular weight is 442 g/mol. The molecule has 0 radical (unpaired) electrons. The van der Waals surface area contributed by atoms with Crippen LogP contribution >= 0.6 is 11.6 Å². The van der Waals surface area contributed by atoms with Gasteiger partial charge in [0.25, 0.3) is 5.69 Å². The minimum Gasteiger partial charge on any atom is -0.322 e. The molecule has 1 atom stereocenters. The maximum Gasteiger partial charge on any atom is 0.269 e. The van der Waals surface area contributed by atoms with Gasteiger partial charge >= 0.3 is 0 Å². The first-order chi connectivity index (χ1) is 13.7. The molecule has 1 saturated heterocycles. The first-order valence-electron chi connectivity index (χ1n) is 8.73. The van der Waals surface area contributed by atoms with Crippen molar-refractivity contribution >= 4 is 38.9 Å². The number of piperidine rings is 1. The van der Waals surface area contributed by atoms with Crippen LogP contribution in [0.4, 0.5) is 15.8 Å². The smallest absolute Gasteiger partial charge is 0.269 e. The summed E-state index contributed by atoms with van der Waals surface area (Å²) in [5.41, 5.74) is -0.380. The predicted octanol–water partition coefficient (Wildman–Crippen LogP) is 3.57. The Labute approximate surface area is 171 Å². The number of nitrogens with one attached hydrogen (secondary N) is 1. The fraction of sp³-hybridized carbons (Fsp3) is 0.278. The van der Waals surface area contributed by atoms with Crippen LogP contribution in [-0.2, 0) is 14.8 Å². The van der Waals surface area contributed by atoms with Crippen LogP contribution in [0.15, 0.2) is 47.4 Å². The number of carbonyl (C=O) groups is 1. The zero-order valence-corrected chi connectivity index (χ0v) is 16.6. The van der Waals surface area contributed by atoms with Crippen LogP contribution in [0, 0.1) is 15.9 Å². The number of nitro groups is 1. The van der Waals surface area contributed by atoms with Gasteiger partial charge in [-0.2, -0.15) is 4.31 Å². The van der Waals surface area contributed by atoms with Gasteiger partial charge < -0.3 is 5.32 Å². The molecule has 1 amide bonds. The summed E-state index contributed by atoms with van der Waals surface area (Å²) in [5, 5.41) is 13.0. The summed E-state index contributed by atoms with van der Waals surface area (Å²) < 4.78 is 41.2. The van der Waals surface area contributed by atoms with Crippen LogP contribution in [-0.4, -0.2) is 36.1 Å². The van der Waals surface area contributed by atoms with Crippen LogP contribution < -0.4 is 5.32 Å². The molecule has 8 nitrogen and oxygen atoms in total. The van der Waals surface area contributed by atoms with Gasteiger partial charge in [0.05, 0.1) is 20.5 Å². The van der Waals surface area contributed by atoms with Crippen molar-refractivity contribution in [1.82, 2.24) is 4.31 Å². The Kier molecular flexibility index (Phi) is 6.15. The van der Waals surface area contributed by atoms with E-state index in [1.165, 1.54) is 18.2 Å². The lowest BCUT2D eigenvalue weighted by atomic mass is 10.0. The maximum atomic E-state index is 14.1. The number of non-ortho nitro benzene ring substituents is 1. The van der Waals surface area contributed by atoms with Gasteiger partial charge in [0.2, 0.25) is 15.9 Å². The molecule has 1 unspecified atom stereocenters. The van der Waals surface area contributed by atoms with E-state index in [1.54, 1.807) is 0 Å². The molecule has 0 bridgehead atoms. The highest BCUT2D eigenvalue weighted by Gasteiger charge is 2.38. The van der Waals surface area contributed by atoms with Gasteiger partial charge in [0.15, 0.2) is 5.82 Å². The zero-order chi connectivity index (χ0) is 21.2. The molecule has 2 aromatic carbocycles. The molecule has 1 fully saturated rings. The molecule has 29 heavy (non-hydrogen) atoms. The fourth-order valence-electron chi connectivity index (χ4n) is 3.15. The molecule has 154 valence electrons. The quantitative estimate of drug-likeness (QED) is 0.563. The van der Waals surface area contributed by atoms with Crippen molar-refractivity contribution in [3.8, 4) is 0 Å². The first-order valence-corrected chi connectivity index (χ1v) is 10.5. The first kappa shape index (κ1) is 21.2. The summed E-state index contributed by atoms with van der Waals surface area (Å²) in [7, 11) is -4.08. The van der Waals surface area contributed by atoms with Crippen LogP contribution in [0.2, 0.25) is 5.02 Å². The summed E-state index contributed by atoms with van der Waals surface area (Å²) in [6.07, 6.45) is 1.45. The molecule has 1 aliphatic rings. The number of sulfonamides is 1. The summed E-state index contributed by atoms with van der Waals surface area (Å²) in [6.45, 7) is 0.107. The minimum atomic E-state index is -4.08. The lowest BCUT2D eigenvalue weighted by molar-refractivity contribution is -0.384. The number of rotatable bonds is 5. The second kappa shape index (κ2) is 8.44. The molecule has 0 saturated carbocycles. The monoisotopic (exact) mass is 441 g/mol. The topological polar surface area (TPSA) is 110 Å². The third kappa shape index (κ3) is 4.39. The number of carbonyl (C=O) groups excluding carboxylic acids is 1. The van der Waals surface area contributed by atoms with E-state index in [1.807, 2.05) is 0 Å². The van der Waals surface area contributed by atoms with Gasteiger partial charge in [0, 0.05) is 18.7 Å². The molecule has 11 heteroatoms. The van der Waals surface area contributed by atoms with Crippen molar-refractivity contribution in [1.29, 1.82) is 0 Å². The molecule has 0 aromatic heterocycles. The Hall–Kier alpha value is -2.56. The van der Waals surface area contributed by atoms with Crippen molar-refractivity contribution in [2.45, 2.75) is 30.2 Å². The van der Waals surface area contributed by atoms with Gasteiger partial charge in [-0.05, 0) is 37.1 Å². The van der Waals surface area contributed by atoms with Crippen LogP contribution in [0.5, 0.6) is 0 Å². The fourth-order valence-corrected chi connectivity index (χ4v) is 4.98. The molecular formula is C18H17ClFN3O5S. The lowest BCUT2D eigenvalue weighted by Gasteiger charge is -2.33. The van der Waals surface area contributed by atoms with Gasteiger partial charge in [-0.25, -0.2) is 12.8 Å². The number of amides is 1. The average Bonchev–Trinajstić information content (AvgIpc) is 2.71. The highest BCUT2D eigenvalue weighted by molar-refractivity contribution is 7.89. The Morgan fingerprint density at radius 3 is 2.55 bits per heavy atom. The molecule has 3 rings (SSSR count). The molecular weight excluding hydrogens is 425 g/mol. The normalized spacial score (nSPS) is 17.7. The zero-order valence-electron chi connectivity index (χ0n) is 15.0. The largest absolute Gasteiger partial charge is 0.322 e. The van der Waals surface area contributed by atoms with E-state index in [9.17, 15) is 27.7 Å². The number of hydrogen-bond acceptors (Lipinski definition) is 5. The van der Waals surface area contributed by atoms with Crippen LogP contribution in [0.25, 0.3) is 0 Å². The Balaban J connectivity index is 1.87. The van der Waals surface area contributed by atoms with E-state index >= 15 is 0 Å². The number of hydrogen-bond donors (Lipinski definition) is 1. The van der Waals surface area contributed by atoms with E-state index in [-0.39, 0.29) is 34.3 Å². The SMILES string of the molecule is O=C(Nc1cccc(Cl)c1F)C1CCCCN1S(=O)(=O)c1ccc([N+](=O)[O-])cc1. The van der Waals surface area contributed by atoms with Crippen molar-refractivity contribution < 1.29 is 22.5 Å². The van der Waals surface area contributed by atoms with Crippen molar-refractivity contribution in [3.63, 3.8) is 0 Å². The molecule has 1 aliphatic heterocycles. The number of nitro benzene ring substituents is 1. The Morgan fingerprint density at radius 1 is 1.21 bits per heavy atom. The van der Waals surface area contributed by atoms with Crippen molar-refractivity contribution in [3.05, 3.63) is 63.4 Å². The molecule has 1 heterocycles. The van der Waals surface area contributed by atoms with Crippen molar-refractivity contribution in [2.24, 2.45) is 0 Å². The number of halogens is 2. The number of anilines is 1. The van der Waals surface area contributed by atoms with Gasteiger partial charge in [-0.15, -0.1) is 0 Å². The molecule has 0 aliphatic carbocycles. The summed E-state index contributed by atoms with van der Waals surface area (Å²) in [6, 6.07) is 7.53. The highest BCUT2D eigenvalue weighted by Crippen LogP contribution is 2.28. The Bertz CT molecular complexity index is 1050. The summed E-state index contributed by atoms with van der Waals surface area (Å²) >= 11 is 5.72. The standard InChI is InChI=1S/C18H17ClFN3O5S/c19-14-4-3-5-15(17(14)20)21-18(24)16-6-1-2-11-22(16)29(27,28)13-9-7-12(8-10-13)23(25)26/h3-5,7-10,16H,1-2,6,11H2,(H,21,24). The van der Waals surface area contributed by atoms with Gasteiger partial charge in [-0.1, -0.05) is 24.1 Å². The summed E-state index contributed by atoms with van der Waals surface area (Å²) in [4.78, 5) is 22.7. The summed E-state index contributed by atoms with van der Waals surface area (Å²) in [5.74, 6) is -1.47. The lowest BCUT2D eigenvalue weighted by Crippen LogP contribution is -2.49. The van der Waals surface area contributed by atoms with E-state index in [4.69, 9.17) is 11.6 Å². The predicted molar refractivity (Wildman–Crippen MR) is 105 cm³/mol. The van der Waals surface area contributed by atoms with E-state index in [0.717, 1.165) is 28.6 Å². The van der Waals surface area contributed by atoms with Gasteiger partial charge in [0.1, 0.15) is 6.04 Å². The molecule has 2 aromatic rings. The minimum absolute atomic E-state index is 0.107. The van der Waals surface area contributed by atoms with E-state index in [2.05, 4.69) is 5.32 Å². The van der Waals surface area contributed by atoms with Gasteiger partial charge in [-0.3, -0.25) is 14.9 Å². The van der Waals surface area contributed by atoms with Crippen LogP contribution in [0.3, 0.4) is 0 Å². The number of benzene rings is 2. The third-order valence-electron chi connectivity index (χ3n) is 4.62. The molecule has 0 spiro atoms. The van der Waals surface area contributed by atoms with Crippen LogP contribution in [0.1, 0.15) is 19.3 Å². The second-order valence-corrected chi connectivity index (χ2v) is 8.77. The maximum absolute atomic E-state index is 14.1. The Morgan fingerprint density at radius 2 is 1.90 bits per heavy atom. The highest BCUT2D eigenvalue weighted by atomic mass is 35.5. The van der Waals surface area contributed by atoms with E-state index in [0.29, 0.717) is 12.8 Å². The van der Waals surface area contributed by atoms with E-state index < -0.39 is 32.7 Å². The number of nitrogens with zero attached hydrogens (tertiary/aromatic N) is 2. The third-order valence-corrected chi connectivity index (χ3v) is 6.83. The van der Waals surface area contributed by atoms with Crippen molar-refractivity contribution in [2.75, 3.05) is 11.9 Å². The second-order valence-electron chi connectivity index (χ2n) is 6.47.